The third kappa shape index (κ3) is 7.29. The maximum atomic E-state index is 14.9. The molecule has 9 rings (SSSR count). The molecule has 1 spiro atoms. The van der Waals surface area contributed by atoms with Crippen molar-refractivity contribution in [2.75, 3.05) is 13.7 Å². The van der Waals surface area contributed by atoms with Crippen molar-refractivity contribution in [2.45, 2.75) is 156 Å². The Labute approximate surface area is 340 Å². The van der Waals surface area contributed by atoms with Gasteiger partial charge in [-0.1, -0.05) is 37.8 Å². The molecule has 7 aliphatic rings. The van der Waals surface area contributed by atoms with Crippen LogP contribution >= 0.6 is 0 Å². The summed E-state index contributed by atoms with van der Waals surface area (Å²) in [7, 11) is -2.34. The summed E-state index contributed by atoms with van der Waals surface area (Å²) in [5.74, 6) is -0.399. The number of hydrogen-bond acceptors (Lipinski definition) is 9. The fraction of sp³-hybridized carbons (Fsp3) is 0.651. The normalized spacial score (nSPS) is 30.9. The van der Waals surface area contributed by atoms with Crippen molar-refractivity contribution in [3.8, 4) is 11.5 Å². The minimum Gasteiger partial charge on any atom is -0.497 e. The largest absolute Gasteiger partial charge is 0.497 e. The van der Waals surface area contributed by atoms with Gasteiger partial charge in [-0.2, -0.15) is 0 Å². The summed E-state index contributed by atoms with van der Waals surface area (Å²) < 4.78 is 40.5. The number of carbonyl (C=O) groups is 4. The fourth-order valence-corrected chi connectivity index (χ4v) is 11.1. The molecule has 3 aliphatic heterocycles. The summed E-state index contributed by atoms with van der Waals surface area (Å²) >= 11 is 0. The molecule has 0 radical (unpaired) electrons. The van der Waals surface area contributed by atoms with Crippen molar-refractivity contribution in [2.24, 2.45) is 5.92 Å². The topological polar surface area (TPSA) is 185 Å². The van der Waals surface area contributed by atoms with Crippen LogP contribution in [0.4, 0.5) is 4.79 Å². The van der Waals surface area contributed by atoms with E-state index in [1.165, 1.54) is 0 Å². The van der Waals surface area contributed by atoms with E-state index in [9.17, 15) is 27.6 Å². The number of urea groups is 1. The minimum absolute atomic E-state index is 0.0556. The van der Waals surface area contributed by atoms with Gasteiger partial charge >= 0.3 is 6.03 Å². The zero-order chi connectivity index (χ0) is 40.5. The average Bonchev–Trinajstić information content (AvgIpc) is 4.17. The monoisotopic (exact) mass is 816 g/mol. The molecular formula is C43H56N6O8S. The Morgan fingerprint density at radius 3 is 2.50 bits per heavy atom. The lowest BCUT2D eigenvalue weighted by molar-refractivity contribution is -0.141. The zero-order valence-electron chi connectivity index (χ0n) is 33.6. The molecule has 5 atom stereocenters. The van der Waals surface area contributed by atoms with Gasteiger partial charge in [-0.25, -0.2) is 18.2 Å². The first-order chi connectivity index (χ1) is 27.8. The Morgan fingerprint density at radius 2 is 1.76 bits per heavy atom. The van der Waals surface area contributed by atoms with Gasteiger partial charge in [0, 0.05) is 41.3 Å². The predicted octanol–water partition coefficient (Wildman–Crippen LogP) is 4.79. The zero-order valence-corrected chi connectivity index (χ0v) is 34.4. The summed E-state index contributed by atoms with van der Waals surface area (Å²) in [5.41, 5.74) is 0.343. The Kier molecular flexibility index (Phi) is 9.91. The van der Waals surface area contributed by atoms with Crippen LogP contribution in [0.5, 0.6) is 11.5 Å². The second-order valence-electron chi connectivity index (χ2n) is 18.3. The summed E-state index contributed by atoms with van der Waals surface area (Å²) in [4.78, 5) is 63.9. The number of aromatic nitrogens is 1. The van der Waals surface area contributed by atoms with E-state index in [1.54, 1.807) is 18.9 Å². The van der Waals surface area contributed by atoms with Crippen LogP contribution in [0.3, 0.4) is 0 Å². The number of allylic oxidation sites excluding steroid dienone is 1. The molecule has 2 aromatic rings. The lowest BCUT2D eigenvalue weighted by atomic mass is 9.86. The number of carbonyl (C=O) groups excluding carboxylic acids is 4. The highest BCUT2D eigenvalue weighted by Crippen LogP contribution is 2.52. The molecule has 4 heterocycles. The number of benzene rings is 1. The Hall–Kier alpha value is -4.40. The van der Waals surface area contributed by atoms with Crippen LogP contribution in [0.25, 0.3) is 10.9 Å². The van der Waals surface area contributed by atoms with Crippen molar-refractivity contribution in [1.29, 1.82) is 0 Å². The van der Waals surface area contributed by atoms with E-state index in [4.69, 9.17) is 14.5 Å². The number of amides is 5. The maximum Gasteiger partial charge on any atom is 0.315 e. The number of nitrogens with zero attached hydrogens (tertiary/aromatic N) is 2. The SMILES string of the molecule is COc1ccc2c3c(c(C4CC4)nc2c1)OC1(CC3)CC2C(=O)NC3(C(=O)NS(=O)(=O)C4(C)CC4)CC3C=CCCCCCC(NC(=O)NC3CCCC3)C(=O)N2C1. The lowest BCUT2D eigenvalue weighted by Gasteiger charge is -2.37. The Morgan fingerprint density at radius 1 is 0.983 bits per heavy atom. The maximum absolute atomic E-state index is 14.9. The van der Waals surface area contributed by atoms with Crippen LogP contribution in [-0.2, 0) is 30.8 Å². The van der Waals surface area contributed by atoms with Crippen LogP contribution in [0.1, 0.15) is 127 Å². The van der Waals surface area contributed by atoms with Crippen molar-refractivity contribution in [3.05, 3.63) is 41.6 Å². The molecule has 4 N–H and O–H groups in total. The van der Waals surface area contributed by atoms with Crippen molar-refractivity contribution < 1.29 is 37.1 Å². The number of rotatable bonds is 7. The number of fused-ring (bicyclic) bond motifs is 5. The van der Waals surface area contributed by atoms with Gasteiger partial charge in [0.1, 0.15) is 34.7 Å². The highest BCUT2D eigenvalue weighted by atomic mass is 32.2. The Bertz CT molecular complexity index is 2160. The molecule has 15 heteroatoms. The third-order valence-corrected chi connectivity index (χ3v) is 16.2. The summed E-state index contributed by atoms with van der Waals surface area (Å²) in [5, 5.41) is 10.0. The van der Waals surface area contributed by atoms with Gasteiger partial charge in [0.25, 0.3) is 5.91 Å². The summed E-state index contributed by atoms with van der Waals surface area (Å²) in [6.07, 6.45) is 15.7. The lowest BCUT2D eigenvalue weighted by Crippen LogP contribution is -2.59. The summed E-state index contributed by atoms with van der Waals surface area (Å²) in [6.45, 7) is 1.72. The number of sulfonamides is 1. The van der Waals surface area contributed by atoms with E-state index < -0.39 is 61.8 Å². The number of aryl methyl sites for hydroxylation is 1. The molecule has 5 unspecified atom stereocenters. The molecule has 5 amide bonds. The molecule has 4 saturated carbocycles. The van der Waals surface area contributed by atoms with Gasteiger partial charge in [0.15, 0.2) is 0 Å². The first kappa shape index (κ1) is 39.1. The quantitative estimate of drug-likeness (QED) is 0.286. The first-order valence-corrected chi connectivity index (χ1v) is 22.9. The van der Waals surface area contributed by atoms with E-state index in [1.807, 2.05) is 30.4 Å². The van der Waals surface area contributed by atoms with Gasteiger partial charge in [-0.3, -0.25) is 19.1 Å². The van der Waals surface area contributed by atoms with Crippen LogP contribution in [-0.4, -0.2) is 89.7 Å². The smallest absolute Gasteiger partial charge is 0.315 e. The van der Waals surface area contributed by atoms with Gasteiger partial charge in [-0.15, -0.1) is 0 Å². The van der Waals surface area contributed by atoms with Gasteiger partial charge < -0.3 is 30.3 Å². The molecular weight excluding hydrogens is 761 g/mol. The van der Waals surface area contributed by atoms with E-state index in [2.05, 4.69) is 20.7 Å². The van der Waals surface area contributed by atoms with Crippen LogP contribution in [0.2, 0.25) is 0 Å². The molecule has 1 aromatic heterocycles. The second kappa shape index (κ2) is 14.7. The van der Waals surface area contributed by atoms with E-state index in [0.717, 1.165) is 91.4 Å². The molecule has 1 aromatic carbocycles. The molecule has 14 nitrogen and oxygen atoms in total. The van der Waals surface area contributed by atoms with Crippen LogP contribution in [0, 0.1) is 5.92 Å². The first-order valence-electron chi connectivity index (χ1n) is 21.5. The molecule has 312 valence electrons. The Balaban J connectivity index is 1.05. The number of hydrogen-bond donors (Lipinski definition) is 4. The van der Waals surface area contributed by atoms with Crippen molar-refractivity contribution >= 4 is 44.7 Å². The molecule has 4 aliphatic carbocycles. The number of ether oxygens (including phenoxy) is 2. The highest BCUT2D eigenvalue weighted by Gasteiger charge is 2.64. The predicted molar refractivity (Wildman–Crippen MR) is 216 cm³/mol. The third-order valence-electron chi connectivity index (χ3n) is 14.0. The standard InChI is InChI=1S/C43H56N6O8S/c1-41(20-21-41)58(54,55)48-39(52)43-23-27(43)10-6-4-3-5-7-13-32(46-40(53)44-28-11-8-9-12-28)38(51)49-25-42(24-34(49)37(50)47-43)19-18-31-30-17-16-29(56-2)22-33(30)45-35(26-14-15-26)36(31)57-42/h6,10,16-17,22,26-28,32,34H,3-5,7-9,11-15,18-21,23-25H2,1-2H3,(H,47,50)(H,48,52)(H2,44,46,53). The van der Waals surface area contributed by atoms with Crippen LogP contribution in [0.15, 0.2) is 30.4 Å². The van der Waals surface area contributed by atoms with Gasteiger partial charge in [0.05, 0.1) is 29.6 Å². The van der Waals surface area contributed by atoms with Crippen molar-refractivity contribution in [3.63, 3.8) is 0 Å². The van der Waals surface area contributed by atoms with Crippen molar-refractivity contribution in [1.82, 2.24) is 30.6 Å². The number of nitrogens with one attached hydrogen (secondary N) is 4. The minimum atomic E-state index is -3.98. The second-order valence-corrected chi connectivity index (χ2v) is 20.5. The highest BCUT2D eigenvalue weighted by molar-refractivity contribution is 7.91. The van der Waals surface area contributed by atoms with E-state index in [0.29, 0.717) is 38.5 Å². The fourth-order valence-electron chi connectivity index (χ4n) is 9.75. The molecule has 1 saturated heterocycles. The van der Waals surface area contributed by atoms with E-state index in [-0.39, 0.29) is 37.3 Å². The number of methoxy groups -OCH3 is 1. The molecule has 5 fully saturated rings. The molecule has 0 bridgehead atoms. The van der Waals surface area contributed by atoms with Gasteiger partial charge in [-0.05, 0) is 96.1 Å². The van der Waals surface area contributed by atoms with Gasteiger partial charge in [0.2, 0.25) is 21.8 Å². The van der Waals surface area contributed by atoms with Crippen LogP contribution < -0.4 is 30.1 Å². The summed E-state index contributed by atoms with van der Waals surface area (Å²) in [6, 6.07) is 3.60. The molecule has 58 heavy (non-hydrogen) atoms. The van der Waals surface area contributed by atoms with E-state index >= 15 is 0 Å². The average molecular weight is 817 g/mol. The number of pyridine rings is 1.